The monoisotopic (exact) mass is 304 g/mol. The molecule has 0 aliphatic heterocycles. The molecule has 0 unspecified atom stereocenters. The lowest BCUT2D eigenvalue weighted by atomic mass is 10.0. The predicted octanol–water partition coefficient (Wildman–Crippen LogP) is 3.34. The van der Waals surface area contributed by atoms with Gasteiger partial charge in [0.25, 0.3) is 0 Å². The van der Waals surface area contributed by atoms with Gasteiger partial charge in [-0.3, -0.25) is 0 Å². The van der Waals surface area contributed by atoms with Crippen LogP contribution in [0.3, 0.4) is 0 Å². The number of nitrogens with zero attached hydrogens (tertiary/aromatic N) is 2. The molecule has 2 heterocycles. The molecule has 0 saturated heterocycles. The van der Waals surface area contributed by atoms with E-state index < -0.39 is 5.97 Å². The van der Waals surface area contributed by atoms with Crippen LogP contribution >= 0.6 is 22.7 Å². The van der Waals surface area contributed by atoms with Crippen molar-refractivity contribution in [2.45, 2.75) is 0 Å². The summed E-state index contributed by atoms with van der Waals surface area (Å²) < 4.78 is 0. The highest BCUT2D eigenvalue weighted by Gasteiger charge is 2.18. The zero-order valence-electron chi connectivity index (χ0n) is 9.98. The van der Waals surface area contributed by atoms with Crippen LogP contribution in [0.1, 0.15) is 10.4 Å². The molecule has 0 amide bonds. The summed E-state index contributed by atoms with van der Waals surface area (Å²) in [6.45, 7) is 0. The maximum atomic E-state index is 11.3. The van der Waals surface area contributed by atoms with Crippen LogP contribution in [0.25, 0.3) is 21.3 Å². The number of aromatic hydroxyl groups is 1. The number of rotatable bonds is 3. The van der Waals surface area contributed by atoms with Gasteiger partial charge >= 0.3 is 5.97 Å². The number of carboxylic acids is 1. The van der Waals surface area contributed by atoms with E-state index in [-0.39, 0.29) is 11.3 Å². The van der Waals surface area contributed by atoms with Crippen LogP contribution < -0.4 is 0 Å². The lowest BCUT2D eigenvalue weighted by molar-refractivity contribution is 0.0694. The summed E-state index contributed by atoms with van der Waals surface area (Å²) >= 11 is 2.86. The Morgan fingerprint density at radius 3 is 2.75 bits per heavy atom. The van der Waals surface area contributed by atoms with Crippen LogP contribution in [0.15, 0.2) is 35.2 Å². The van der Waals surface area contributed by atoms with Crippen molar-refractivity contribution in [1.29, 1.82) is 0 Å². The Labute approximate surface area is 121 Å². The summed E-state index contributed by atoms with van der Waals surface area (Å²) in [5.41, 5.74) is 0.786. The van der Waals surface area contributed by atoms with E-state index >= 15 is 0 Å². The minimum atomic E-state index is -1.18. The molecule has 0 bridgehead atoms. The Morgan fingerprint density at radius 2 is 2.05 bits per heavy atom. The molecule has 3 aromatic rings. The van der Waals surface area contributed by atoms with E-state index in [9.17, 15) is 15.0 Å². The smallest absolute Gasteiger partial charge is 0.340 e. The minimum Gasteiger partial charge on any atom is -0.507 e. The number of hydrogen-bond acceptors (Lipinski definition) is 6. The first-order chi connectivity index (χ1) is 9.66. The van der Waals surface area contributed by atoms with Gasteiger partial charge in [0.1, 0.15) is 11.3 Å². The molecule has 0 saturated carbocycles. The Morgan fingerprint density at radius 1 is 1.20 bits per heavy atom. The van der Waals surface area contributed by atoms with Crippen molar-refractivity contribution in [3.63, 3.8) is 0 Å². The predicted molar refractivity (Wildman–Crippen MR) is 77.3 cm³/mol. The molecule has 1 aromatic carbocycles. The van der Waals surface area contributed by atoms with E-state index in [2.05, 4.69) is 9.97 Å². The normalized spacial score (nSPS) is 10.6. The Balaban J connectivity index is 2.11. The summed E-state index contributed by atoms with van der Waals surface area (Å²) in [5, 5.41) is 24.0. The molecule has 2 aromatic heterocycles. The standard InChI is InChI=1S/C13H8N2O3S2/c16-9-3-1-2-7(10(9)13(17)18)8-6-20-12(15-8)11-14-4-5-19-11/h1-6,16H,(H,17,18). The molecule has 5 nitrogen and oxygen atoms in total. The highest BCUT2D eigenvalue weighted by atomic mass is 32.1. The number of aromatic carboxylic acids is 1. The summed E-state index contributed by atoms with van der Waals surface area (Å²) in [4.78, 5) is 19.8. The minimum absolute atomic E-state index is 0.136. The van der Waals surface area contributed by atoms with Crippen LogP contribution in [-0.2, 0) is 0 Å². The van der Waals surface area contributed by atoms with Crippen LogP contribution in [0.5, 0.6) is 5.75 Å². The molecule has 0 aliphatic rings. The van der Waals surface area contributed by atoms with E-state index in [0.29, 0.717) is 11.3 Å². The molecule has 0 aliphatic carbocycles. The number of benzene rings is 1. The highest BCUT2D eigenvalue weighted by Crippen LogP contribution is 2.34. The van der Waals surface area contributed by atoms with Gasteiger partial charge in [-0.25, -0.2) is 14.8 Å². The molecule has 0 spiro atoms. The number of carbonyl (C=O) groups is 1. The van der Waals surface area contributed by atoms with Crippen LogP contribution in [0.4, 0.5) is 0 Å². The van der Waals surface area contributed by atoms with E-state index in [0.717, 1.165) is 10.0 Å². The number of phenols is 1. The number of carboxylic acid groups (broad SMARTS) is 1. The molecule has 2 N–H and O–H groups in total. The molecule has 0 atom stereocenters. The zero-order valence-corrected chi connectivity index (χ0v) is 11.6. The van der Waals surface area contributed by atoms with Crippen molar-refractivity contribution in [1.82, 2.24) is 9.97 Å². The Kier molecular flexibility index (Phi) is 3.21. The first kappa shape index (κ1) is 12.8. The average molecular weight is 304 g/mol. The molecular formula is C13H8N2O3S2. The van der Waals surface area contributed by atoms with Gasteiger partial charge in [-0.2, -0.15) is 0 Å². The summed E-state index contributed by atoms with van der Waals surface area (Å²) in [6.07, 6.45) is 1.69. The quantitative estimate of drug-likeness (QED) is 0.775. The molecule has 0 fully saturated rings. The molecule has 7 heteroatoms. The summed E-state index contributed by atoms with van der Waals surface area (Å²) in [5.74, 6) is -1.44. The fraction of sp³-hybridized carbons (Fsp3) is 0. The number of aromatic nitrogens is 2. The van der Waals surface area contributed by atoms with Gasteiger partial charge in [-0.05, 0) is 6.07 Å². The third kappa shape index (κ3) is 2.17. The van der Waals surface area contributed by atoms with E-state index in [1.165, 1.54) is 28.7 Å². The van der Waals surface area contributed by atoms with Crippen LogP contribution in [0.2, 0.25) is 0 Å². The van der Waals surface area contributed by atoms with Gasteiger partial charge in [-0.15, -0.1) is 22.7 Å². The van der Waals surface area contributed by atoms with Gasteiger partial charge < -0.3 is 10.2 Å². The number of hydrogen-bond donors (Lipinski definition) is 2. The highest BCUT2D eigenvalue weighted by molar-refractivity contribution is 7.19. The molecule has 20 heavy (non-hydrogen) atoms. The first-order valence-electron chi connectivity index (χ1n) is 5.58. The van der Waals surface area contributed by atoms with Crippen molar-refractivity contribution in [2.24, 2.45) is 0 Å². The fourth-order valence-electron chi connectivity index (χ4n) is 1.80. The molecule has 0 radical (unpaired) electrons. The summed E-state index contributed by atoms with van der Waals surface area (Å²) in [6, 6.07) is 4.57. The van der Waals surface area contributed by atoms with Gasteiger partial charge in [-0.1, -0.05) is 12.1 Å². The van der Waals surface area contributed by atoms with Crippen molar-refractivity contribution in [3.8, 4) is 27.0 Å². The topological polar surface area (TPSA) is 83.3 Å². The van der Waals surface area contributed by atoms with Gasteiger partial charge in [0.15, 0.2) is 10.0 Å². The van der Waals surface area contributed by atoms with E-state index in [4.69, 9.17) is 0 Å². The molecule has 3 rings (SSSR count). The maximum absolute atomic E-state index is 11.3. The number of thiazole rings is 2. The summed E-state index contributed by atoms with van der Waals surface area (Å²) in [7, 11) is 0. The second kappa shape index (κ2) is 5.03. The third-order valence-corrected chi connectivity index (χ3v) is 4.41. The van der Waals surface area contributed by atoms with Crippen LogP contribution in [-0.4, -0.2) is 26.2 Å². The van der Waals surface area contributed by atoms with Crippen molar-refractivity contribution in [2.75, 3.05) is 0 Å². The molecular weight excluding hydrogens is 296 g/mol. The van der Waals surface area contributed by atoms with Crippen molar-refractivity contribution >= 4 is 28.6 Å². The zero-order chi connectivity index (χ0) is 14.1. The van der Waals surface area contributed by atoms with E-state index in [1.54, 1.807) is 23.7 Å². The Bertz CT molecular complexity index is 766. The van der Waals surface area contributed by atoms with E-state index in [1.807, 2.05) is 5.38 Å². The third-order valence-electron chi connectivity index (χ3n) is 2.65. The fourth-order valence-corrected chi connectivity index (χ4v) is 3.32. The van der Waals surface area contributed by atoms with Crippen molar-refractivity contribution in [3.05, 3.63) is 40.7 Å². The first-order valence-corrected chi connectivity index (χ1v) is 7.34. The second-order valence-electron chi connectivity index (χ2n) is 3.88. The SMILES string of the molecule is O=C(O)c1c(O)cccc1-c1csc(-c2nccs2)n1. The largest absolute Gasteiger partial charge is 0.507 e. The second-order valence-corrected chi connectivity index (χ2v) is 5.63. The molecule has 100 valence electrons. The van der Waals surface area contributed by atoms with Gasteiger partial charge in [0.2, 0.25) is 0 Å². The maximum Gasteiger partial charge on any atom is 0.340 e. The van der Waals surface area contributed by atoms with Crippen LogP contribution in [0, 0.1) is 0 Å². The van der Waals surface area contributed by atoms with Gasteiger partial charge in [0, 0.05) is 22.5 Å². The van der Waals surface area contributed by atoms with Gasteiger partial charge in [0.05, 0.1) is 5.69 Å². The van der Waals surface area contributed by atoms with Crippen molar-refractivity contribution < 1.29 is 15.0 Å². The average Bonchev–Trinajstić information content (AvgIpc) is 3.09. The lowest BCUT2D eigenvalue weighted by Gasteiger charge is -2.04. The Hall–Kier alpha value is -2.25. The lowest BCUT2D eigenvalue weighted by Crippen LogP contribution is -2.00.